The Morgan fingerprint density at radius 1 is 0.744 bits per heavy atom. The van der Waals surface area contributed by atoms with E-state index in [1.54, 1.807) is 24.3 Å². The second-order valence-corrected chi connectivity index (χ2v) is 8.13. The number of esters is 1. The highest BCUT2D eigenvalue weighted by Crippen LogP contribution is 2.37. The molecule has 1 aromatic heterocycles. The van der Waals surface area contributed by atoms with Gasteiger partial charge in [0.2, 0.25) is 11.2 Å². The number of fused-ring (bicyclic) bond motifs is 1. The predicted octanol–water partition coefficient (Wildman–Crippen LogP) is 4.18. The SMILES string of the molecule is Nc1ccc(C(=O)Oc2ccccc2)c(O)c1.O=c1c(O)c(-c2ccc(O)c(O)c2)oc2cc(O)cc(O)c12. The van der Waals surface area contributed by atoms with Crippen molar-refractivity contribution < 1.29 is 44.6 Å². The van der Waals surface area contributed by atoms with Crippen molar-refractivity contribution in [3.8, 4) is 51.6 Å². The first-order valence-electron chi connectivity index (χ1n) is 11.1. The number of rotatable bonds is 3. The number of anilines is 1. The molecular weight excluding hydrogens is 510 g/mol. The van der Waals surface area contributed by atoms with Crippen LogP contribution in [0.1, 0.15) is 10.4 Å². The Morgan fingerprint density at radius 2 is 1.46 bits per heavy atom. The van der Waals surface area contributed by atoms with E-state index in [2.05, 4.69) is 0 Å². The molecule has 8 N–H and O–H groups in total. The number of carbonyl (C=O) groups is 1. The zero-order chi connectivity index (χ0) is 28.3. The summed E-state index contributed by atoms with van der Waals surface area (Å²) in [6.07, 6.45) is 0. The van der Waals surface area contributed by atoms with Crippen molar-refractivity contribution >= 4 is 22.6 Å². The van der Waals surface area contributed by atoms with Crippen molar-refractivity contribution in [2.45, 2.75) is 0 Å². The Balaban J connectivity index is 0.000000187. The average molecular weight is 531 g/mol. The minimum atomic E-state index is -0.888. The smallest absolute Gasteiger partial charge is 0.347 e. The first kappa shape index (κ1) is 26.2. The maximum atomic E-state index is 12.1. The van der Waals surface area contributed by atoms with E-state index in [9.17, 15) is 40.2 Å². The lowest BCUT2D eigenvalue weighted by Gasteiger charge is -2.08. The van der Waals surface area contributed by atoms with Gasteiger partial charge in [0.15, 0.2) is 17.3 Å². The molecule has 0 bridgehead atoms. The van der Waals surface area contributed by atoms with E-state index in [0.717, 1.165) is 24.3 Å². The third-order valence-corrected chi connectivity index (χ3v) is 5.37. The van der Waals surface area contributed by atoms with Gasteiger partial charge in [-0.05, 0) is 42.5 Å². The van der Waals surface area contributed by atoms with E-state index >= 15 is 0 Å². The first-order chi connectivity index (χ1) is 18.5. The second kappa shape index (κ2) is 10.6. The molecule has 0 saturated heterocycles. The number of phenols is 5. The quantitative estimate of drug-likeness (QED) is 0.0761. The maximum absolute atomic E-state index is 12.1. The molecule has 198 valence electrons. The number of phenolic OH excluding ortho intramolecular Hbond substituents is 5. The summed E-state index contributed by atoms with van der Waals surface area (Å²) in [7, 11) is 0. The minimum Gasteiger partial charge on any atom is -0.508 e. The fourth-order valence-corrected chi connectivity index (χ4v) is 3.51. The summed E-state index contributed by atoms with van der Waals surface area (Å²) in [5.74, 6) is -3.10. The molecule has 0 fully saturated rings. The van der Waals surface area contributed by atoms with E-state index < -0.39 is 28.6 Å². The van der Waals surface area contributed by atoms with Gasteiger partial charge in [-0.3, -0.25) is 4.79 Å². The molecule has 11 nitrogen and oxygen atoms in total. The fourth-order valence-electron chi connectivity index (χ4n) is 3.51. The summed E-state index contributed by atoms with van der Waals surface area (Å²) in [6, 6.07) is 18.5. The highest BCUT2D eigenvalue weighted by Gasteiger charge is 2.19. The number of aromatic hydroxyl groups is 6. The summed E-state index contributed by atoms with van der Waals surface area (Å²) in [5.41, 5.74) is 5.05. The van der Waals surface area contributed by atoms with Crippen LogP contribution in [-0.4, -0.2) is 36.6 Å². The van der Waals surface area contributed by atoms with Crippen LogP contribution in [0.15, 0.2) is 88.1 Å². The van der Waals surface area contributed by atoms with Crippen LogP contribution in [-0.2, 0) is 0 Å². The van der Waals surface area contributed by atoms with Crippen molar-refractivity contribution in [1.29, 1.82) is 0 Å². The molecule has 0 aliphatic rings. The molecule has 0 amide bonds. The molecule has 0 aliphatic carbocycles. The van der Waals surface area contributed by atoms with Crippen molar-refractivity contribution in [3.63, 3.8) is 0 Å². The van der Waals surface area contributed by atoms with E-state index in [-0.39, 0.29) is 45.1 Å². The molecule has 0 unspecified atom stereocenters. The molecular formula is C28H21NO10. The van der Waals surface area contributed by atoms with Crippen LogP contribution in [0.4, 0.5) is 5.69 Å². The molecule has 1 heterocycles. The third-order valence-electron chi connectivity index (χ3n) is 5.37. The predicted molar refractivity (Wildman–Crippen MR) is 140 cm³/mol. The average Bonchev–Trinajstić information content (AvgIpc) is 2.88. The minimum absolute atomic E-state index is 0.0862. The summed E-state index contributed by atoms with van der Waals surface area (Å²) in [6.45, 7) is 0. The molecule has 0 atom stereocenters. The molecule has 0 radical (unpaired) electrons. The zero-order valence-electron chi connectivity index (χ0n) is 19.9. The van der Waals surface area contributed by atoms with Crippen molar-refractivity contribution in [2.75, 3.05) is 5.73 Å². The second-order valence-electron chi connectivity index (χ2n) is 8.13. The Hall–Kier alpha value is -5.84. The van der Waals surface area contributed by atoms with E-state index in [1.807, 2.05) is 6.07 Å². The van der Waals surface area contributed by atoms with Gasteiger partial charge in [-0.1, -0.05) is 18.2 Å². The summed E-state index contributed by atoms with van der Waals surface area (Å²) >= 11 is 0. The van der Waals surface area contributed by atoms with Gasteiger partial charge >= 0.3 is 5.97 Å². The van der Waals surface area contributed by atoms with Crippen molar-refractivity contribution in [2.24, 2.45) is 0 Å². The highest BCUT2D eigenvalue weighted by atomic mass is 16.5. The van der Waals surface area contributed by atoms with Crippen LogP contribution >= 0.6 is 0 Å². The van der Waals surface area contributed by atoms with Gasteiger partial charge < -0.3 is 45.5 Å². The topological polar surface area (TPSA) is 204 Å². The molecule has 39 heavy (non-hydrogen) atoms. The lowest BCUT2D eigenvalue weighted by Crippen LogP contribution is -2.08. The molecule has 5 aromatic rings. The summed E-state index contributed by atoms with van der Waals surface area (Å²) in [4.78, 5) is 23.9. The molecule has 0 aliphatic heterocycles. The highest BCUT2D eigenvalue weighted by molar-refractivity contribution is 5.94. The van der Waals surface area contributed by atoms with Crippen LogP contribution in [0.2, 0.25) is 0 Å². The maximum Gasteiger partial charge on any atom is 0.347 e. The van der Waals surface area contributed by atoms with E-state index in [4.69, 9.17) is 14.9 Å². The van der Waals surface area contributed by atoms with Crippen molar-refractivity contribution in [3.05, 3.63) is 94.6 Å². The third kappa shape index (κ3) is 5.62. The number of hydrogen-bond acceptors (Lipinski definition) is 11. The Bertz CT molecular complexity index is 1750. The Kier molecular flexibility index (Phi) is 7.16. The van der Waals surface area contributed by atoms with Gasteiger partial charge in [-0.2, -0.15) is 0 Å². The number of carbonyl (C=O) groups excluding carboxylic acids is 1. The number of para-hydroxylation sites is 1. The van der Waals surface area contributed by atoms with Gasteiger partial charge in [0, 0.05) is 29.4 Å². The van der Waals surface area contributed by atoms with Gasteiger partial charge in [-0.25, -0.2) is 4.79 Å². The van der Waals surface area contributed by atoms with Crippen LogP contribution in [0.25, 0.3) is 22.3 Å². The molecule has 0 spiro atoms. The van der Waals surface area contributed by atoms with Crippen LogP contribution < -0.4 is 15.9 Å². The van der Waals surface area contributed by atoms with E-state index in [0.29, 0.717) is 11.4 Å². The lowest BCUT2D eigenvalue weighted by molar-refractivity contribution is 0.0731. The molecule has 5 rings (SSSR count). The first-order valence-corrected chi connectivity index (χ1v) is 11.1. The standard InChI is InChI=1S/C15H10O7.C13H11NO3/c16-7-4-10(19)12-11(5-7)22-15(14(21)13(12)20)6-1-2-8(17)9(18)3-6;14-9-6-7-11(12(15)8-9)13(16)17-10-4-2-1-3-5-10/h1-5,16-19,21H;1-8,15H,14H2. The fraction of sp³-hybridized carbons (Fsp3) is 0. The summed E-state index contributed by atoms with van der Waals surface area (Å²) < 4.78 is 10.4. The Labute approximate surface area is 219 Å². The lowest BCUT2D eigenvalue weighted by atomic mass is 10.1. The number of benzene rings is 4. The number of ether oxygens (including phenoxy) is 1. The Morgan fingerprint density at radius 3 is 2.13 bits per heavy atom. The van der Waals surface area contributed by atoms with E-state index in [1.165, 1.54) is 24.3 Å². The van der Waals surface area contributed by atoms with Crippen LogP contribution in [0.5, 0.6) is 40.2 Å². The largest absolute Gasteiger partial charge is 0.508 e. The zero-order valence-corrected chi connectivity index (χ0v) is 19.9. The van der Waals surface area contributed by atoms with Gasteiger partial charge in [0.25, 0.3) is 0 Å². The van der Waals surface area contributed by atoms with Crippen LogP contribution in [0, 0.1) is 0 Å². The van der Waals surface area contributed by atoms with Gasteiger partial charge in [0.05, 0.1) is 0 Å². The number of nitrogens with two attached hydrogens (primary N) is 1. The van der Waals surface area contributed by atoms with Crippen molar-refractivity contribution in [1.82, 2.24) is 0 Å². The van der Waals surface area contributed by atoms with Gasteiger partial charge in [0.1, 0.15) is 39.5 Å². The summed E-state index contributed by atoms with van der Waals surface area (Å²) in [5, 5.41) is 57.2. The normalized spacial score (nSPS) is 10.5. The molecule has 11 heteroatoms. The number of hydrogen-bond donors (Lipinski definition) is 7. The molecule has 0 saturated carbocycles. The monoisotopic (exact) mass is 531 g/mol. The molecule has 4 aromatic carbocycles. The van der Waals surface area contributed by atoms with Crippen LogP contribution in [0.3, 0.4) is 0 Å². The van der Waals surface area contributed by atoms with Gasteiger partial charge in [-0.15, -0.1) is 0 Å². The number of nitrogen functional groups attached to an aromatic ring is 1.